The molecule has 0 saturated carbocycles. The predicted octanol–water partition coefficient (Wildman–Crippen LogP) is 3.45. The lowest BCUT2D eigenvalue weighted by atomic mass is 9.97. The van der Waals surface area contributed by atoms with Gasteiger partial charge in [-0.3, -0.25) is 4.99 Å². The quantitative estimate of drug-likeness (QED) is 0.465. The van der Waals surface area contributed by atoms with Crippen LogP contribution in [0.25, 0.3) is 0 Å². The smallest absolute Gasteiger partial charge is 0.0641 e. The van der Waals surface area contributed by atoms with Crippen LogP contribution in [0.2, 0.25) is 0 Å². The molecule has 0 heterocycles. The van der Waals surface area contributed by atoms with E-state index in [1.54, 1.807) is 17.3 Å². The maximum atomic E-state index is 3.94. The number of nitrogens with zero attached hydrogens (tertiary/aromatic N) is 1. The molecule has 0 N–H and O–H groups in total. The molecule has 0 saturated heterocycles. The van der Waals surface area contributed by atoms with Gasteiger partial charge in [0.15, 0.2) is 0 Å². The molecule has 0 spiro atoms. The summed E-state index contributed by atoms with van der Waals surface area (Å²) >= 11 is 1.55. The Balaban J connectivity index is 3.89. The fraction of sp³-hybridized carbons (Fsp3) is 0.444. The molecule has 0 rings (SSSR count). The van der Waals surface area contributed by atoms with E-state index >= 15 is 0 Å². The van der Waals surface area contributed by atoms with Gasteiger partial charge < -0.3 is 0 Å². The molecule has 0 aromatic rings. The Kier molecular flexibility index (Phi) is 4.19. The molecule has 1 nitrogen and oxygen atoms in total. The van der Waals surface area contributed by atoms with E-state index in [0.29, 0.717) is 0 Å². The third kappa shape index (κ3) is 4.85. The van der Waals surface area contributed by atoms with Gasteiger partial charge >= 0.3 is 0 Å². The molecule has 0 amide bonds. The number of hydrogen-bond donors (Lipinski definition) is 0. The number of rotatable bonds is 3. The van der Waals surface area contributed by atoms with Crippen molar-refractivity contribution in [2.75, 3.05) is 0 Å². The van der Waals surface area contributed by atoms with Crippen LogP contribution < -0.4 is 0 Å². The summed E-state index contributed by atoms with van der Waals surface area (Å²) in [6.07, 6.45) is 1.52. The zero-order chi connectivity index (χ0) is 8.91. The Morgan fingerprint density at radius 3 is 2.36 bits per heavy atom. The Morgan fingerprint density at radius 2 is 2.00 bits per heavy atom. The lowest BCUT2D eigenvalue weighted by Crippen LogP contribution is -2.04. The summed E-state index contributed by atoms with van der Waals surface area (Å²) in [6.45, 7) is 13.8. The minimum atomic E-state index is 0.151. The minimum absolute atomic E-state index is 0.151. The minimum Gasteiger partial charge on any atom is -0.258 e. The third-order valence-electron chi connectivity index (χ3n) is 1.20. The van der Waals surface area contributed by atoms with Gasteiger partial charge in [-0.2, -0.15) is 0 Å². The SMILES string of the molecule is C=C/N=C\SC(=C)C(C)(C)C. The lowest BCUT2D eigenvalue weighted by Gasteiger charge is -2.18. The van der Waals surface area contributed by atoms with Gasteiger partial charge in [0.1, 0.15) is 0 Å². The van der Waals surface area contributed by atoms with E-state index in [2.05, 4.69) is 38.9 Å². The van der Waals surface area contributed by atoms with Crippen LogP contribution in [-0.4, -0.2) is 5.55 Å². The highest BCUT2D eigenvalue weighted by Crippen LogP contribution is 2.31. The van der Waals surface area contributed by atoms with Crippen LogP contribution in [0.1, 0.15) is 20.8 Å². The second kappa shape index (κ2) is 4.39. The maximum absolute atomic E-state index is 3.94. The van der Waals surface area contributed by atoms with Gasteiger partial charge in [0.05, 0.1) is 5.55 Å². The van der Waals surface area contributed by atoms with Crippen molar-refractivity contribution >= 4 is 17.3 Å². The molecule has 0 aromatic heterocycles. The topological polar surface area (TPSA) is 12.4 Å². The first-order valence-electron chi connectivity index (χ1n) is 3.47. The monoisotopic (exact) mass is 169 g/mol. The van der Waals surface area contributed by atoms with Crippen LogP contribution in [0.4, 0.5) is 0 Å². The summed E-state index contributed by atoms with van der Waals surface area (Å²) in [4.78, 5) is 4.98. The van der Waals surface area contributed by atoms with Crippen LogP contribution in [0.5, 0.6) is 0 Å². The molecule has 0 unspecified atom stereocenters. The fourth-order valence-corrected chi connectivity index (χ4v) is 0.942. The Hall–Kier alpha value is -0.500. The molecular weight excluding hydrogens is 154 g/mol. The molecule has 0 atom stereocenters. The van der Waals surface area contributed by atoms with Gasteiger partial charge in [-0.25, -0.2) is 0 Å². The normalized spacial score (nSPS) is 11.9. The van der Waals surface area contributed by atoms with E-state index in [1.807, 2.05) is 0 Å². The molecule has 0 aliphatic rings. The summed E-state index contributed by atoms with van der Waals surface area (Å²) in [5, 5.41) is 0. The van der Waals surface area contributed by atoms with Crippen molar-refractivity contribution in [2.24, 2.45) is 10.4 Å². The van der Waals surface area contributed by atoms with Crippen LogP contribution in [0.3, 0.4) is 0 Å². The van der Waals surface area contributed by atoms with E-state index in [1.165, 1.54) is 6.20 Å². The molecule has 0 aromatic carbocycles. The van der Waals surface area contributed by atoms with Crippen molar-refractivity contribution < 1.29 is 0 Å². The number of thioether (sulfide) groups is 1. The number of aliphatic imine (C=N–C) groups is 1. The number of hydrogen-bond acceptors (Lipinski definition) is 2. The lowest BCUT2D eigenvalue weighted by molar-refractivity contribution is 0.535. The van der Waals surface area contributed by atoms with Gasteiger partial charge in [-0.05, 0) is 10.3 Å². The molecule has 0 bridgehead atoms. The van der Waals surface area contributed by atoms with Crippen molar-refractivity contribution in [1.29, 1.82) is 0 Å². The molecule has 0 aliphatic heterocycles. The van der Waals surface area contributed by atoms with Gasteiger partial charge in [-0.1, -0.05) is 45.7 Å². The van der Waals surface area contributed by atoms with Crippen molar-refractivity contribution in [2.45, 2.75) is 20.8 Å². The Morgan fingerprint density at radius 1 is 1.45 bits per heavy atom. The van der Waals surface area contributed by atoms with E-state index in [-0.39, 0.29) is 5.41 Å². The number of allylic oxidation sites excluding steroid dienone is 1. The van der Waals surface area contributed by atoms with Crippen LogP contribution >= 0.6 is 11.8 Å². The van der Waals surface area contributed by atoms with Crippen LogP contribution in [0.15, 0.2) is 29.3 Å². The summed E-state index contributed by atoms with van der Waals surface area (Å²) in [5.41, 5.74) is 1.90. The average Bonchev–Trinajstić information content (AvgIpc) is 1.86. The van der Waals surface area contributed by atoms with Crippen molar-refractivity contribution in [3.8, 4) is 0 Å². The summed E-state index contributed by atoms with van der Waals surface area (Å²) in [7, 11) is 0. The molecule has 0 aliphatic carbocycles. The second-order valence-corrected chi connectivity index (χ2v) is 4.17. The van der Waals surface area contributed by atoms with Crippen molar-refractivity contribution in [3.05, 3.63) is 24.3 Å². The van der Waals surface area contributed by atoms with Crippen molar-refractivity contribution in [1.82, 2.24) is 0 Å². The fourth-order valence-electron chi connectivity index (χ4n) is 0.314. The van der Waals surface area contributed by atoms with E-state index in [9.17, 15) is 0 Å². The summed E-state index contributed by atoms with van der Waals surface area (Å²) in [6, 6.07) is 0. The van der Waals surface area contributed by atoms with Gasteiger partial charge in [0, 0.05) is 6.20 Å². The first kappa shape index (κ1) is 10.5. The Labute approximate surface area is 73.3 Å². The predicted molar refractivity (Wildman–Crippen MR) is 54.9 cm³/mol. The zero-order valence-electron chi connectivity index (χ0n) is 7.42. The molecule has 2 heteroatoms. The zero-order valence-corrected chi connectivity index (χ0v) is 8.24. The summed E-state index contributed by atoms with van der Waals surface area (Å²) in [5.74, 6) is 0. The molecule has 11 heavy (non-hydrogen) atoms. The van der Waals surface area contributed by atoms with Gasteiger partial charge in [0.25, 0.3) is 0 Å². The average molecular weight is 169 g/mol. The van der Waals surface area contributed by atoms with Crippen LogP contribution in [0, 0.1) is 5.41 Å². The standard InChI is InChI=1S/C9H15NS/c1-6-10-7-11-8(2)9(3,4)5/h6-7H,1-2H2,3-5H3/b10-7-. The maximum Gasteiger partial charge on any atom is 0.0641 e. The van der Waals surface area contributed by atoms with Crippen molar-refractivity contribution in [3.63, 3.8) is 0 Å². The second-order valence-electron chi connectivity index (χ2n) is 3.23. The third-order valence-corrected chi connectivity index (χ3v) is 2.32. The first-order chi connectivity index (χ1) is 4.98. The largest absolute Gasteiger partial charge is 0.258 e. The molecule has 62 valence electrons. The van der Waals surface area contributed by atoms with E-state index in [4.69, 9.17) is 0 Å². The first-order valence-corrected chi connectivity index (χ1v) is 4.35. The molecule has 0 radical (unpaired) electrons. The van der Waals surface area contributed by atoms with Gasteiger partial charge in [-0.15, -0.1) is 0 Å². The van der Waals surface area contributed by atoms with E-state index < -0.39 is 0 Å². The summed E-state index contributed by atoms with van der Waals surface area (Å²) < 4.78 is 0. The van der Waals surface area contributed by atoms with Gasteiger partial charge in [0.2, 0.25) is 0 Å². The molecular formula is C9H15NS. The van der Waals surface area contributed by atoms with Crippen LogP contribution in [-0.2, 0) is 0 Å². The highest BCUT2D eigenvalue weighted by Gasteiger charge is 2.13. The highest BCUT2D eigenvalue weighted by molar-refractivity contribution is 8.15. The Bertz CT molecular complexity index is 174. The van der Waals surface area contributed by atoms with E-state index in [0.717, 1.165) is 4.91 Å². The molecule has 0 fully saturated rings. The highest BCUT2D eigenvalue weighted by atomic mass is 32.2.